The monoisotopic (exact) mass is 433 g/mol. The predicted molar refractivity (Wildman–Crippen MR) is 128 cm³/mol. The number of nitrogens with zero attached hydrogens (tertiary/aromatic N) is 2. The maximum Gasteiger partial charge on any atom is 0.228 e. The van der Waals surface area contributed by atoms with Crippen LogP contribution in [0.2, 0.25) is 0 Å². The van der Waals surface area contributed by atoms with E-state index in [1.807, 2.05) is 18.2 Å². The van der Waals surface area contributed by atoms with Gasteiger partial charge in [-0.3, -0.25) is 4.79 Å². The summed E-state index contributed by atoms with van der Waals surface area (Å²) in [5.41, 5.74) is 4.62. The molecule has 0 aliphatic carbocycles. The number of benzene rings is 2. The van der Waals surface area contributed by atoms with E-state index in [9.17, 15) is 4.79 Å². The number of nitriles is 1. The Hall–Kier alpha value is -2.68. The normalized spacial score (nSPS) is 16.0. The smallest absolute Gasteiger partial charge is 0.228 e. The summed E-state index contributed by atoms with van der Waals surface area (Å²) in [7, 11) is 0. The van der Waals surface area contributed by atoms with E-state index in [-0.39, 0.29) is 25.0 Å². The van der Waals surface area contributed by atoms with E-state index in [1.165, 1.54) is 5.56 Å². The summed E-state index contributed by atoms with van der Waals surface area (Å²) in [4.78, 5) is 15.0. The first-order valence-electron chi connectivity index (χ1n) is 11.7. The summed E-state index contributed by atoms with van der Waals surface area (Å²) < 4.78 is 0. The number of amides is 1. The van der Waals surface area contributed by atoms with Crippen LogP contribution >= 0.6 is 0 Å². The highest BCUT2D eigenvalue weighted by molar-refractivity contribution is 5.84. The van der Waals surface area contributed by atoms with Gasteiger partial charge in [-0.05, 0) is 66.4 Å². The lowest BCUT2D eigenvalue weighted by molar-refractivity contribution is -0.122. The SMILES string of the molecule is CC(C)CC(C(=O)NCC#N)c1cccc(-c2ccc(C3CCN(CCO)CC3)cc2)c1. The largest absolute Gasteiger partial charge is 0.395 e. The van der Waals surface area contributed by atoms with Crippen molar-refractivity contribution >= 4 is 5.91 Å². The first-order valence-corrected chi connectivity index (χ1v) is 11.7. The van der Waals surface area contributed by atoms with E-state index in [0.29, 0.717) is 11.8 Å². The Balaban J connectivity index is 1.74. The van der Waals surface area contributed by atoms with Gasteiger partial charge in [0, 0.05) is 6.54 Å². The Morgan fingerprint density at radius 3 is 2.50 bits per heavy atom. The lowest BCUT2D eigenvalue weighted by Crippen LogP contribution is -2.34. The fraction of sp³-hybridized carbons (Fsp3) is 0.481. The van der Waals surface area contributed by atoms with Gasteiger partial charge in [-0.25, -0.2) is 0 Å². The molecule has 1 fully saturated rings. The molecule has 0 aromatic heterocycles. The molecular formula is C27H35N3O2. The average Bonchev–Trinajstić information content (AvgIpc) is 2.82. The molecule has 32 heavy (non-hydrogen) atoms. The van der Waals surface area contributed by atoms with Gasteiger partial charge in [-0.15, -0.1) is 0 Å². The van der Waals surface area contributed by atoms with Crippen molar-refractivity contribution in [3.8, 4) is 17.2 Å². The maximum atomic E-state index is 12.7. The summed E-state index contributed by atoms with van der Waals surface area (Å²) in [6, 6.07) is 19.1. The number of carbonyl (C=O) groups is 1. The second kappa shape index (κ2) is 11.8. The number of nitrogens with one attached hydrogen (secondary N) is 1. The van der Waals surface area contributed by atoms with Crippen molar-refractivity contribution in [2.75, 3.05) is 32.8 Å². The number of β-amino-alcohol motifs (C(OH)–C–C–N with tert-alkyl or cyclic N) is 1. The molecular weight excluding hydrogens is 398 g/mol. The highest BCUT2D eigenvalue weighted by Crippen LogP contribution is 2.32. The summed E-state index contributed by atoms with van der Waals surface area (Å²) in [6.45, 7) is 7.35. The van der Waals surface area contributed by atoms with Gasteiger partial charge in [0.1, 0.15) is 6.54 Å². The van der Waals surface area contributed by atoms with Gasteiger partial charge in [-0.2, -0.15) is 5.26 Å². The van der Waals surface area contributed by atoms with Crippen molar-refractivity contribution < 1.29 is 9.90 Å². The highest BCUT2D eigenvalue weighted by Gasteiger charge is 2.23. The lowest BCUT2D eigenvalue weighted by atomic mass is 9.86. The van der Waals surface area contributed by atoms with Crippen LogP contribution < -0.4 is 5.32 Å². The molecule has 1 heterocycles. The minimum Gasteiger partial charge on any atom is -0.395 e. The lowest BCUT2D eigenvalue weighted by Gasteiger charge is -2.31. The number of piperidine rings is 1. The van der Waals surface area contributed by atoms with Crippen LogP contribution in [0.15, 0.2) is 48.5 Å². The van der Waals surface area contributed by atoms with Crippen LogP contribution in [0, 0.1) is 17.2 Å². The second-order valence-electron chi connectivity index (χ2n) is 9.15. The average molecular weight is 434 g/mol. The highest BCUT2D eigenvalue weighted by atomic mass is 16.3. The van der Waals surface area contributed by atoms with Crippen LogP contribution in [-0.4, -0.2) is 48.7 Å². The molecule has 0 spiro atoms. The standard InChI is InChI=1S/C27H35N3O2/c1-20(2)18-26(27(32)29-13-12-28)25-5-3-4-24(19-25)22-8-6-21(7-9-22)23-10-14-30(15-11-23)16-17-31/h3-9,19-20,23,26,31H,10-11,13-18H2,1-2H3,(H,29,32). The minimum atomic E-state index is -0.258. The van der Waals surface area contributed by atoms with Gasteiger partial charge in [-0.1, -0.05) is 62.4 Å². The number of aliphatic hydroxyl groups excluding tert-OH is 1. The number of carbonyl (C=O) groups excluding carboxylic acids is 1. The van der Waals surface area contributed by atoms with Gasteiger partial charge < -0.3 is 15.3 Å². The van der Waals surface area contributed by atoms with Gasteiger partial charge >= 0.3 is 0 Å². The quantitative estimate of drug-likeness (QED) is 0.578. The fourth-order valence-corrected chi connectivity index (χ4v) is 4.63. The topological polar surface area (TPSA) is 76.4 Å². The third-order valence-corrected chi connectivity index (χ3v) is 6.37. The first kappa shape index (κ1) is 24.0. The molecule has 0 radical (unpaired) electrons. The van der Waals surface area contributed by atoms with Crippen molar-refractivity contribution in [3.05, 3.63) is 59.7 Å². The van der Waals surface area contributed by atoms with Crippen LogP contribution in [0.1, 0.15) is 56.1 Å². The van der Waals surface area contributed by atoms with Crippen molar-refractivity contribution in [2.24, 2.45) is 5.92 Å². The fourth-order valence-electron chi connectivity index (χ4n) is 4.63. The molecule has 0 bridgehead atoms. The molecule has 2 aromatic rings. The molecule has 2 N–H and O–H groups in total. The summed E-state index contributed by atoms with van der Waals surface area (Å²) in [5, 5.41) is 20.7. The van der Waals surface area contributed by atoms with E-state index in [2.05, 4.69) is 60.5 Å². The van der Waals surface area contributed by atoms with Crippen LogP contribution in [0.4, 0.5) is 0 Å². The molecule has 3 rings (SSSR count). The zero-order chi connectivity index (χ0) is 22.9. The molecule has 1 atom stereocenters. The Kier molecular flexibility index (Phi) is 8.84. The molecule has 0 saturated carbocycles. The van der Waals surface area contributed by atoms with E-state index < -0.39 is 0 Å². The number of rotatable bonds is 9. The molecule has 1 amide bonds. The predicted octanol–water partition coefficient (Wildman–Crippen LogP) is 4.29. The van der Waals surface area contributed by atoms with E-state index >= 15 is 0 Å². The zero-order valence-corrected chi connectivity index (χ0v) is 19.3. The van der Waals surface area contributed by atoms with E-state index in [4.69, 9.17) is 10.4 Å². The van der Waals surface area contributed by atoms with Crippen molar-refractivity contribution in [1.29, 1.82) is 5.26 Å². The third-order valence-electron chi connectivity index (χ3n) is 6.37. The molecule has 170 valence electrons. The van der Waals surface area contributed by atoms with Gasteiger partial charge in [0.05, 0.1) is 18.6 Å². The van der Waals surface area contributed by atoms with Crippen LogP contribution in [-0.2, 0) is 4.79 Å². The zero-order valence-electron chi connectivity index (χ0n) is 19.3. The minimum absolute atomic E-state index is 0.0352. The summed E-state index contributed by atoms with van der Waals surface area (Å²) in [6.07, 6.45) is 3.00. The Bertz CT molecular complexity index is 909. The van der Waals surface area contributed by atoms with Crippen molar-refractivity contribution in [2.45, 2.75) is 44.9 Å². The molecule has 1 aliphatic heterocycles. The van der Waals surface area contributed by atoms with Crippen molar-refractivity contribution in [1.82, 2.24) is 10.2 Å². The van der Waals surface area contributed by atoms with Crippen LogP contribution in [0.3, 0.4) is 0 Å². The number of hydrogen-bond acceptors (Lipinski definition) is 4. The summed E-state index contributed by atoms with van der Waals surface area (Å²) >= 11 is 0. The van der Waals surface area contributed by atoms with Gasteiger partial charge in [0.15, 0.2) is 0 Å². The van der Waals surface area contributed by atoms with Gasteiger partial charge in [0.25, 0.3) is 0 Å². The van der Waals surface area contributed by atoms with Crippen LogP contribution in [0.25, 0.3) is 11.1 Å². The Labute approximate surface area is 192 Å². The van der Waals surface area contributed by atoms with E-state index in [0.717, 1.165) is 55.6 Å². The molecule has 1 unspecified atom stereocenters. The molecule has 5 heteroatoms. The molecule has 1 saturated heterocycles. The molecule has 5 nitrogen and oxygen atoms in total. The van der Waals surface area contributed by atoms with E-state index in [1.54, 1.807) is 0 Å². The molecule has 1 aliphatic rings. The second-order valence-corrected chi connectivity index (χ2v) is 9.15. The number of hydrogen-bond donors (Lipinski definition) is 2. The van der Waals surface area contributed by atoms with Crippen LogP contribution in [0.5, 0.6) is 0 Å². The Morgan fingerprint density at radius 1 is 1.16 bits per heavy atom. The third kappa shape index (κ3) is 6.41. The first-order chi connectivity index (χ1) is 15.5. The molecule has 2 aromatic carbocycles. The maximum absolute atomic E-state index is 12.7. The number of aliphatic hydroxyl groups is 1. The van der Waals surface area contributed by atoms with Crippen molar-refractivity contribution in [3.63, 3.8) is 0 Å². The Morgan fingerprint density at radius 2 is 1.88 bits per heavy atom. The van der Waals surface area contributed by atoms with Gasteiger partial charge in [0.2, 0.25) is 5.91 Å². The summed E-state index contributed by atoms with van der Waals surface area (Å²) in [5.74, 6) is 0.608. The number of likely N-dealkylation sites (tertiary alicyclic amines) is 1.